The first kappa shape index (κ1) is 17.9. The van der Waals surface area contributed by atoms with Gasteiger partial charge < -0.3 is 4.74 Å². The number of nitrogens with zero attached hydrogens (tertiary/aromatic N) is 2. The van der Waals surface area contributed by atoms with Crippen molar-refractivity contribution in [3.05, 3.63) is 77.4 Å². The Morgan fingerprint density at radius 2 is 1.56 bits per heavy atom. The zero-order valence-corrected chi connectivity index (χ0v) is 15.3. The smallest absolute Gasteiger partial charge is 0.136 e. The van der Waals surface area contributed by atoms with Gasteiger partial charge in [0.25, 0.3) is 0 Å². The summed E-state index contributed by atoms with van der Waals surface area (Å²) in [6.07, 6.45) is 2.35. The van der Waals surface area contributed by atoms with Crippen molar-refractivity contribution in [2.45, 2.75) is 13.2 Å². The first-order chi connectivity index (χ1) is 12.3. The minimum atomic E-state index is 0.0595. The Kier molecular flexibility index (Phi) is 6.40. The summed E-state index contributed by atoms with van der Waals surface area (Å²) in [5.41, 5.74) is 3.92. The van der Waals surface area contributed by atoms with Crippen LogP contribution in [0.2, 0.25) is 0 Å². The van der Waals surface area contributed by atoms with Gasteiger partial charge in [-0.3, -0.25) is 9.80 Å². The first-order valence-corrected chi connectivity index (χ1v) is 9.02. The molecular weight excluding hydrogens is 308 g/mol. The van der Waals surface area contributed by atoms with E-state index in [9.17, 15) is 0 Å². The Morgan fingerprint density at radius 1 is 0.960 bits per heavy atom. The number of ether oxygens (including phenoxy) is 1. The van der Waals surface area contributed by atoms with Crippen molar-refractivity contribution in [1.29, 1.82) is 0 Å². The van der Waals surface area contributed by atoms with Crippen LogP contribution < -0.4 is 0 Å². The summed E-state index contributed by atoms with van der Waals surface area (Å²) in [7, 11) is 1.80. The van der Waals surface area contributed by atoms with E-state index in [0.29, 0.717) is 0 Å². The lowest BCUT2D eigenvalue weighted by Crippen LogP contribution is -2.48. The van der Waals surface area contributed by atoms with E-state index in [2.05, 4.69) is 83.5 Å². The lowest BCUT2D eigenvalue weighted by atomic mass is 10.1. The molecule has 0 N–H and O–H groups in total. The van der Waals surface area contributed by atoms with E-state index in [0.717, 1.165) is 32.7 Å². The third-order valence-corrected chi connectivity index (χ3v) is 4.73. The maximum atomic E-state index is 5.77. The molecule has 0 aromatic heterocycles. The van der Waals surface area contributed by atoms with Crippen LogP contribution in [0.15, 0.2) is 66.2 Å². The van der Waals surface area contributed by atoms with Crippen LogP contribution in [0.1, 0.15) is 24.3 Å². The zero-order chi connectivity index (χ0) is 17.5. The summed E-state index contributed by atoms with van der Waals surface area (Å²) in [5.74, 6) is 0. The predicted octanol–water partition coefficient (Wildman–Crippen LogP) is 4.05. The van der Waals surface area contributed by atoms with E-state index in [1.807, 2.05) is 0 Å². The molecular formula is C22H28N2O. The van der Waals surface area contributed by atoms with Gasteiger partial charge in [-0.25, -0.2) is 0 Å². The second-order valence-corrected chi connectivity index (χ2v) is 6.71. The van der Waals surface area contributed by atoms with Gasteiger partial charge in [0.1, 0.15) is 6.23 Å². The van der Waals surface area contributed by atoms with E-state index in [4.69, 9.17) is 4.74 Å². The van der Waals surface area contributed by atoms with Crippen LogP contribution in [0.3, 0.4) is 0 Å². The maximum absolute atomic E-state index is 5.77. The van der Waals surface area contributed by atoms with E-state index < -0.39 is 0 Å². The molecule has 1 atom stereocenters. The molecule has 0 saturated carbocycles. The summed E-state index contributed by atoms with van der Waals surface area (Å²) in [4.78, 5) is 4.96. The summed E-state index contributed by atoms with van der Waals surface area (Å²) in [6, 6.07) is 21.1. The molecule has 1 unspecified atom stereocenters. The number of benzene rings is 2. The minimum Gasteiger partial charge on any atom is -0.362 e. The highest BCUT2D eigenvalue weighted by atomic mass is 16.5. The van der Waals surface area contributed by atoms with Crippen molar-refractivity contribution < 1.29 is 4.74 Å². The van der Waals surface area contributed by atoms with Crippen LogP contribution >= 0.6 is 0 Å². The van der Waals surface area contributed by atoms with Gasteiger partial charge in [0, 0.05) is 39.8 Å². The molecule has 3 nitrogen and oxygen atoms in total. The Hall–Kier alpha value is -1.94. The third kappa shape index (κ3) is 5.02. The van der Waals surface area contributed by atoms with Crippen molar-refractivity contribution >= 4 is 6.08 Å². The molecule has 2 aromatic carbocycles. The molecule has 25 heavy (non-hydrogen) atoms. The molecule has 0 spiro atoms. The Balaban J connectivity index is 1.54. The van der Waals surface area contributed by atoms with Crippen LogP contribution in [0.4, 0.5) is 0 Å². The number of methoxy groups -OCH3 is 1. The van der Waals surface area contributed by atoms with Crippen molar-refractivity contribution in [2.75, 3.05) is 39.8 Å². The fourth-order valence-electron chi connectivity index (χ4n) is 3.50. The normalized spacial score (nSPS) is 18.2. The molecule has 1 aliphatic rings. The average Bonchev–Trinajstić information content (AvgIpc) is 2.65. The van der Waals surface area contributed by atoms with Crippen LogP contribution in [0, 0.1) is 0 Å². The fraction of sp³-hybridized carbons (Fsp3) is 0.364. The molecule has 0 aliphatic carbocycles. The Labute approximate surface area is 151 Å². The SMILES string of the molecule is COC(c1ccccc1)N1CCN(CC(C)=Cc2ccccc2)CC1. The van der Waals surface area contributed by atoms with E-state index in [1.165, 1.54) is 16.7 Å². The standard InChI is InChI=1S/C22H28N2O/c1-19(17-20-9-5-3-6-10-20)18-23-13-15-24(16-14-23)22(25-2)21-11-7-4-8-12-21/h3-12,17,22H,13-16,18H2,1-2H3. The quantitative estimate of drug-likeness (QED) is 0.791. The molecule has 3 heteroatoms. The van der Waals surface area contributed by atoms with Gasteiger partial charge in [-0.1, -0.05) is 72.3 Å². The summed E-state index contributed by atoms with van der Waals surface area (Å²) in [6.45, 7) is 7.48. The number of hydrogen-bond acceptors (Lipinski definition) is 3. The topological polar surface area (TPSA) is 15.7 Å². The van der Waals surface area contributed by atoms with E-state index in [-0.39, 0.29) is 6.23 Å². The van der Waals surface area contributed by atoms with Gasteiger partial charge in [-0.15, -0.1) is 0 Å². The van der Waals surface area contributed by atoms with Gasteiger partial charge in [0.05, 0.1) is 0 Å². The van der Waals surface area contributed by atoms with Crippen LogP contribution in [-0.2, 0) is 4.74 Å². The monoisotopic (exact) mass is 336 g/mol. The highest BCUT2D eigenvalue weighted by molar-refractivity contribution is 5.52. The first-order valence-electron chi connectivity index (χ1n) is 9.02. The van der Waals surface area contributed by atoms with E-state index in [1.54, 1.807) is 7.11 Å². The molecule has 132 valence electrons. The van der Waals surface area contributed by atoms with Gasteiger partial charge in [-0.05, 0) is 18.1 Å². The summed E-state index contributed by atoms with van der Waals surface area (Å²) in [5, 5.41) is 0. The molecule has 1 aliphatic heterocycles. The molecule has 1 saturated heterocycles. The fourth-order valence-corrected chi connectivity index (χ4v) is 3.50. The number of piperazine rings is 1. The van der Waals surface area contributed by atoms with Crippen molar-refractivity contribution in [3.63, 3.8) is 0 Å². The van der Waals surface area contributed by atoms with Gasteiger partial charge in [-0.2, -0.15) is 0 Å². The molecule has 1 heterocycles. The summed E-state index contributed by atoms with van der Waals surface area (Å²) < 4.78 is 5.77. The summed E-state index contributed by atoms with van der Waals surface area (Å²) >= 11 is 0. The van der Waals surface area contributed by atoms with Crippen LogP contribution in [0.5, 0.6) is 0 Å². The molecule has 0 bridgehead atoms. The average molecular weight is 336 g/mol. The molecule has 0 amide bonds. The number of rotatable bonds is 6. The van der Waals surface area contributed by atoms with E-state index >= 15 is 0 Å². The minimum absolute atomic E-state index is 0.0595. The maximum Gasteiger partial charge on any atom is 0.136 e. The highest BCUT2D eigenvalue weighted by Crippen LogP contribution is 2.23. The lowest BCUT2D eigenvalue weighted by Gasteiger charge is -2.38. The highest BCUT2D eigenvalue weighted by Gasteiger charge is 2.24. The molecule has 0 radical (unpaired) electrons. The molecule has 1 fully saturated rings. The second-order valence-electron chi connectivity index (χ2n) is 6.71. The third-order valence-electron chi connectivity index (χ3n) is 4.73. The van der Waals surface area contributed by atoms with Gasteiger partial charge >= 0.3 is 0 Å². The van der Waals surface area contributed by atoms with Crippen molar-refractivity contribution in [2.24, 2.45) is 0 Å². The number of hydrogen-bond donors (Lipinski definition) is 0. The predicted molar refractivity (Wildman–Crippen MR) is 104 cm³/mol. The Morgan fingerprint density at radius 3 is 2.16 bits per heavy atom. The van der Waals surface area contributed by atoms with Crippen molar-refractivity contribution in [3.8, 4) is 0 Å². The lowest BCUT2D eigenvalue weighted by molar-refractivity contribution is -0.0551. The van der Waals surface area contributed by atoms with Gasteiger partial charge in [0.2, 0.25) is 0 Å². The van der Waals surface area contributed by atoms with Gasteiger partial charge in [0.15, 0.2) is 0 Å². The van der Waals surface area contributed by atoms with Crippen LogP contribution in [0.25, 0.3) is 6.08 Å². The molecule has 3 rings (SSSR count). The second kappa shape index (κ2) is 8.95. The van der Waals surface area contributed by atoms with Crippen LogP contribution in [-0.4, -0.2) is 49.6 Å². The van der Waals surface area contributed by atoms with Crippen molar-refractivity contribution in [1.82, 2.24) is 9.80 Å². The Bertz CT molecular complexity index is 661. The largest absolute Gasteiger partial charge is 0.362 e. The zero-order valence-electron chi connectivity index (χ0n) is 15.3. The molecule has 2 aromatic rings.